The van der Waals surface area contributed by atoms with Crippen molar-refractivity contribution >= 4 is 44.9 Å². The van der Waals surface area contributed by atoms with Crippen molar-refractivity contribution in [3.05, 3.63) is 0 Å². The van der Waals surface area contributed by atoms with Crippen LogP contribution in [0.4, 0.5) is 0 Å². The molecule has 0 spiro atoms. The highest BCUT2D eigenvalue weighted by atomic mass is 32.5. The van der Waals surface area contributed by atoms with E-state index in [9.17, 15) is 9.46 Å². The average molecular weight is 645 g/mol. The molecule has 38 heavy (non-hydrogen) atoms. The number of phosphoric acid groups is 1. The van der Waals surface area contributed by atoms with Crippen molar-refractivity contribution < 1.29 is 40.9 Å². The Hall–Kier alpha value is 1.21. The number of hydrogen-bond donors (Lipinski definition) is 1. The van der Waals surface area contributed by atoms with E-state index in [-0.39, 0.29) is 0 Å². The second-order valence-electron chi connectivity index (χ2n) is 8.54. The van der Waals surface area contributed by atoms with E-state index in [1.54, 1.807) is 0 Å². The summed E-state index contributed by atoms with van der Waals surface area (Å²) in [6.07, 6.45) is 8.56. The van der Waals surface area contributed by atoms with Crippen molar-refractivity contribution in [3.63, 3.8) is 0 Å². The van der Waals surface area contributed by atoms with Crippen molar-refractivity contribution in [3.8, 4) is 0 Å². The molecule has 0 radical (unpaired) electrons. The van der Waals surface area contributed by atoms with Gasteiger partial charge in [0.25, 0.3) is 0 Å². The molecular formula is C24H55O9P3S2. The predicted molar refractivity (Wildman–Crippen MR) is 165 cm³/mol. The van der Waals surface area contributed by atoms with Crippen LogP contribution in [0.5, 0.6) is 0 Å². The number of unbranched alkanes of at least 4 members (excludes halogenated alkanes) is 2. The zero-order valence-corrected chi connectivity index (χ0v) is 29.2. The first kappa shape index (κ1) is 41.3. The average Bonchev–Trinajstić information content (AvgIpc) is 2.85. The van der Waals surface area contributed by atoms with Gasteiger partial charge in [0.2, 0.25) is 0 Å². The van der Waals surface area contributed by atoms with Crippen molar-refractivity contribution in [1.82, 2.24) is 0 Å². The number of hydrogen-bond acceptors (Lipinski definition) is 10. The van der Waals surface area contributed by atoms with E-state index in [4.69, 9.17) is 55.1 Å². The van der Waals surface area contributed by atoms with Crippen LogP contribution in [-0.4, -0.2) is 44.5 Å². The van der Waals surface area contributed by atoms with Crippen LogP contribution >= 0.6 is 21.3 Å². The van der Waals surface area contributed by atoms with Gasteiger partial charge in [-0.1, -0.05) is 66.2 Å². The maximum atomic E-state index is 11.9. The summed E-state index contributed by atoms with van der Waals surface area (Å²) >= 11 is 10.4. The lowest BCUT2D eigenvalue weighted by Gasteiger charge is -2.27. The van der Waals surface area contributed by atoms with Crippen LogP contribution in [0.15, 0.2) is 0 Å². The first-order valence-electron chi connectivity index (χ1n) is 14.0. The van der Waals surface area contributed by atoms with Gasteiger partial charge in [-0.2, -0.15) is 0 Å². The van der Waals surface area contributed by atoms with Crippen molar-refractivity contribution in [2.24, 2.45) is 11.8 Å². The van der Waals surface area contributed by atoms with Crippen LogP contribution in [0.25, 0.3) is 0 Å². The zero-order chi connectivity index (χ0) is 29.5. The second-order valence-corrected chi connectivity index (χ2v) is 16.2. The molecule has 232 valence electrons. The highest BCUT2D eigenvalue weighted by Crippen LogP contribution is 2.66. The Labute approximate surface area is 243 Å². The largest absolute Gasteiger partial charge is 0.472 e. The van der Waals surface area contributed by atoms with E-state index >= 15 is 0 Å². The molecule has 0 fully saturated rings. The summed E-state index contributed by atoms with van der Waals surface area (Å²) in [4.78, 5) is 9.77. The van der Waals surface area contributed by atoms with E-state index in [2.05, 4.69) is 27.7 Å². The van der Waals surface area contributed by atoms with Crippen LogP contribution in [0.2, 0.25) is 0 Å². The Morgan fingerprint density at radius 3 is 1.16 bits per heavy atom. The van der Waals surface area contributed by atoms with Gasteiger partial charge in [-0.05, 0) is 76.0 Å². The summed E-state index contributed by atoms with van der Waals surface area (Å²) in [6, 6.07) is 0. The Morgan fingerprint density at radius 2 is 0.921 bits per heavy atom. The summed E-state index contributed by atoms with van der Waals surface area (Å²) in [6.45, 7) is 12.2. The van der Waals surface area contributed by atoms with Crippen LogP contribution < -0.4 is 0 Å². The van der Waals surface area contributed by atoms with Crippen LogP contribution in [0, 0.1) is 11.8 Å². The highest BCUT2D eigenvalue weighted by Gasteiger charge is 2.32. The first-order valence-corrected chi connectivity index (χ1v) is 20.7. The summed E-state index contributed by atoms with van der Waals surface area (Å²) in [5.74, 6) is 0.687. The molecule has 0 saturated heterocycles. The number of phosphoric ester groups is 1. The quantitative estimate of drug-likeness (QED) is 0.102. The summed E-state index contributed by atoms with van der Waals surface area (Å²) < 4.78 is 49.2. The van der Waals surface area contributed by atoms with Crippen molar-refractivity contribution in [2.75, 3.05) is 39.6 Å². The lowest BCUT2D eigenvalue weighted by Crippen LogP contribution is -2.12. The van der Waals surface area contributed by atoms with Crippen LogP contribution in [0.1, 0.15) is 107 Å². The Kier molecular flexibility index (Phi) is 27.0. The lowest BCUT2D eigenvalue weighted by molar-refractivity contribution is 0.110. The fourth-order valence-electron chi connectivity index (χ4n) is 3.16. The minimum Gasteiger partial charge on any atom is -0.309 e. The normalized spacial score (nSPS) is 15.4. The van der Waals surface area contributed by atoms with Crippen molar-refractivity contribution in [1.29, 1.82) is 0 Å². The third-order valence-corrected chi connectivity index (χ3v) is 12.7. The molecule has 0 aliphatic rings. The van der Waals surface area contributed by atoms with Gasteiger partial charge < -0.3 is 23.0 Å². The molecule has 0 aliphatic heterocycles. The fourth-order valence-corrected chi connectivity index (χ4v) is 10.4. The van der Waals surface area contributed by atoms with E-state index in [0.717, 1.165) is 51.4 Å². The van der Waals surface area contributed by atoms with Gasteiger partial charge in [-0.15, -0.1) is 0 Å². The second kappa shape index (κ2) is 24.8. The van der Waals surface area contributed by atoms with Crippen LogP contribution in [-0.2, 0) is 59.6 Å². The maximum Gasteiger partial charge on any atom is 0.472 e. The van der Waals surface area contributed by atoms with E-state index in [1.807, 2.05) is 27.7 Å². The maximum absolute atomic E-state index is 11.9. The highest BCUT2D eigenvalue weighted by molar-refractivity contribution is 8.14. The summed E-state index contributed by atoms with van der Waals surface area (Å²) in [7, 11) is -3.89. The molecule has 0 bridgehead atoms. The van der Waals surface area contributed by atoms with E-state index in [1.165, 1.54) is 0 Å². The van der Waals surface area contributed by atoms with Gasteiger partial charge in [-0.3, -0.25) is 9.05 Å². The van der Waals surface area contributed by atoms with Gasteiger partial charge >= 0.3 is 21.3 Å². The molecule has 1 N–H and O–H groups in total. The monoisotopic (exact) mass is 644 g/mol. The summed E-state index contributed by atoms with van der Waals surface area (Å²) in [5, 5.41) is 0. The summed E-state index contributed by atoms with van der Waals surface area (Å²) in [5.41, 5.74) is 0. The Morgan fingerprint density at radius 1 is 0.605 bits per heavy atom. The number of rotatable bonds is 24. The van der Waals surface area contributed by atoms with E-state index in [0.29, 0.717) is 51.5 Å². The SMILES string of the molecule is CCCCC(CC)COP(=O)(O)OCC(CC)CCCC.CCOP(=S)(OCC)OP(=S)(OCC)OCC. The molecule has 0 heterocycles. The molecule has 0 rings (SSSR count). The lowest BCUT2D eigenvalue weighted by atomic mass is 10.0. The smallest absolute Gasteiger partial charge is 0.309 e. The Bertz CT molecular complexity index is 629. The molecule has 2 unspecified atom stereocenters. The molecule has 0 saturated carbocycles. The fraction of sp³-hybridized carbons (Fsp3) is 1.00. The predicted octanol–water partition coefficient (Wildman–Crippen LogP) is 9.15. The molecule has 2 atom stereocenters. The third kappa shape index (κ3) is 21.9. The van der Waals surface area contributed by atoms with Gasteiger partial charge in [0.05, 0.1) is 39.6 Å². The molecule has 0 aromatic carbocycles. The van der Waals surface area contributed by atoms with Gasteiger partial charge in [0, 0.05) is 0 Å². The molecule has 0 aromatic rings. The molecule has 14 heteroatoms. The first-order chi connectivity index (χ1) is 17.9. The van der Waals surface area contributed by atoms with E-state index < -0.39 is 21.3 Å². The van der Waals surface area contributed by atoms with Gasteiger partial charge in [0.15, 0.2) is 0 Å². The zero-order valence-electron chi connectivity index (χ0n) is 24.9. The van der Waals surface area contributed by atoms with Crippen molar-refractivity contribution in [2.45, 2.75) is 107 Å². The standard InChI is InChI=1S/C16H35O4P.C8H20O5P2S2/c1-5-9-11-15(7-3)13-19-21(17,18)20-14-16(8-4)12-10-6-2;1-5-9-14(16,10-6-2)13-15(17,11-7-3)12-8-4/h15-16H,5-14H2,1-4H3,(H,17,18);5-8H2,1-4H3. The minimum atomic E-state index is -3.89. The Balaban J connectivity index is 0. The third-order valence-electron chi connectivity index (χ3n) is 5.38. The molecule has 0 aromatic heterocycles. The molecule has 9 nitrogen and oxygen atoms in total. The van der Waals surface area contributed by atoms with Gasteiger partial charge in [-0.25, -0.2) is 8.88 Å². The van der Waals surface area contributed by atoms with Gasteiger partial charge in [0.1, 0.15) is 0 Å². The molecule has 0 amide bonds. The topological polar surface area (TPSA) is 102 Å². The van der Waals surface area contributed by atoms with Crippen LogP contribution in [0.3, 0.4) is 0 Å². The molecule has 0 aliphatic carbocycles. The molecular weight excluding hydrogens is 589 g/mol. The minimum absolute atomic E-state index is 0.316.